The molecule has 2 N–H and O–H groups in total. The van der Waals surface area contributed by atoms with Crippen LogP contribution < -0.4 is 10.1 Å². The number of para-hydroxylation sites is 1. The van der Waals surface area contributed by atoms with Crippen molar-refractivity contribution in [1.29, 1.82) is 0 Å². The Morgan fingerprint density at radius 1 is 1.47 bits per heavy atom. The molecular weight excluding hydrogens is 192 g/mol. The number of phenolic OH excluding ortho intramolecular Hbond substituents is 1. The van der Waals surface area contributed by atoms with Crippen molar-refractivity contribution < 1.29 is 9.84 Å². The van der Waals surface area contributed by atoms with Gasteiger partial charge in [-0.25, -0.2) is 0 Å². The van der Waals surface area contributed by atoms with Crippen LogP contribution in [0.15, 0.2) is 23.2 Å². The van der Waals surface area contributed by atoms with E-state index in [-0.39, 0.29) is 5.75 Å². The summed E-state index contributed by atoms with van der Waals surface area (Å²) in [5.41, 5.74) is 0.703. The number of methoxy groups -OCH3 is 1. The predicted molar refractivity (Wildman–Crippen MR) is 58.7 cm³/mol. The highest BCUT2D eigenvalue weighted by atomic mass is 16.5. The number of benzene rings is 1. The normalized spacial score (nSPS) is 15.4. The Kier molecular flexibility index (Phi) is 2.76. The molecule has 4 nitrogen and oxygen atoms in total. The first kappa shape index (κ1) is 9.83. The molecule has 0 aliphatic carbocycles. The Balaban J connectivity index is 2.39. The van der Waals surface area contributed by atoms with Crippen molar-refractivity contribution >= 4 is 5.84 Å². The molecule has 0 spiro atoms. The third kappa shape index (κ3) is 1.88. The monoisotopic (exact) mass is 206 g/mol. The number of hydrogen-bond acceptors (Lipinski definition) is 4. The van der Waals surface area contributed by atoms with E-state index < -0.39 is 0 Å². The highest BCUT2D eigenvalue weighted by Crippen LogP contribution is 2.29. The molecule has 0 aromatic heterocycles. The highest BCUT2D eigenvalue weighted by molar-refractivity contribution is 6.02. The summed E-state index contributed by atoms with van der Waals surface area (Å²) < 4.78 is 5.04. The fourth-order valence-electron chi connectivity index (χ4n) is 1.59. The molecule has 0 radical (unpaired) electrons. The van der Waals surface area contributed by atoms with E-state index >= 15 is 0 Å². The van der Waals surface area contributed by atoms with E-state index in [9.17, 15) is 5.11 Å². The number of aliphatic imine (C=N–C) groups is 1. The number of nitrogens with zero attached hydrogens (tertiary/aromatic N) is 1. The molecule has 0 fully saturated rings. The van der Waals surface area contributed by atoms with Crippen LogP contribution in [0.1, 0.15) is 12.0 Å². The average molecular weight is 206 g/mol. The molecule has 2 rings (SSSR count). The second-order valence-corrected chi connectivity index (χ2v) is 3.37. The third-order valence-corrected chi connectivity index (χ3v) is 2.37. The van der Waals surface area contributed by atoms with Gasteiger partial charge in [-0.3, -0.25) is 4.99 Å². The summed E-state index contributed by atoms with van der Waals surface area (Å²) in [7, 11) is 1.54. The number of ether oxygens (including phenoxy) is 1. The summed E-state index contributed by atoms with van der Waals surface area (Å²) in [4.78, 5) is 4.33. The first-order valence-corrected chi connectivity index (χ1v) is 4.97. The second-order valence-electron chi connectivity index (χ2n) is 3.37. The van der Waals surface area contributed by atoms with Gasteiger partial charge in [0.05, 0.1) is 12.7 Å². The quantitative estimate of drug-likeness (QED) is 0.763. The van der Waals surface area contributed by atoms with E-state index in [2.05, 4.69) is 10.3 Å². The molecule has 0 amide bonds. The first-order valence-electron chi connectivity index (χ1n) is 4.97. The highest BCUT2D eigenvalue weighted by Gasteiger charge is 2.14. The number of rotatable bonds is 2. The molecule has 1 aliphatic rings. The summed E-state index contributed by atoms with van der Waals surface area (Å²) >= 11 is 0. The van der Waals surface area contributed by atoms with Crippen molar-refractivity contribution in [2.75, 3.05) is 20.2 Å². The molecule has 1 aromatic carbocycles. The number of aromatic hydroxyl groups is 1. The van der Waals surface area contributed by atoms with Gasteiger partial charge in [0, 0.05) is 13.1 Å². The lowest BCUT2D eigenvalue weighted by atomic mass is 10.1. The van der Waals surface area contributed by atoms with Gasteiger partial charge in [-0.2, -0.15) is 0 Å². The number of amidine groups is 1. The van der Waals surface area contributed by atoms with Gasteiger partial charge < -0.3 is 15.2 Å². The van der Waals surface area contributed by atoms with Gasteiger partial charge in [0.15, 0.2) is 11.5 Å². The van der Waals surface area contributed by atoms with Gasteiger partial charge in [0.25, 0.3) is 0 Å². The van der Waals surface area contributed by atoms with Gasteiger partial charge in [-0.05, 0) is 18.6 Å². The standard InChI is InChI=1S/C11H14N2O2/c1-15-9-5-2-4-8(10(9)14)11-12-6-3-7-13-11/h2,4-5,14H,3,6-7H2,1H3,(H,12,13). The largest absolute Gasteiger partial charge is 0.504 e. The van der Waals surface area contributed by atoms with E-state index in [0.717, 1.165) is 25.3 Å². The molecule has 1 aromatic rings. The van der Waals surface area contributed by atoms with Crippen molar-refractivity contribution in [3.05, 3.63) is 23.8 Å². The number of nitrogens with one attached hydrogen (secondary N) is 1. The fourth-order valence-corrected chi connectivity index (χ4v) is 1.59. The van der Waals surface area contributed by atoms with Crippen molar-refractivity contribution in [2.24, 2.45) is 4.99 Å². The van der Waals surface area contributed by atoms with Crippen LogP contribution in [-0.2, 0) is 0 Å². The minimum atomic E-state index is 0.146. The van der Waals surface area contributed by atoms with E-state index in [4.69, 9.17) is 4.74 Å². The average Bonchev–Trinajstić information content (AvgIpc) is 2.30. The SMILES string of the molecule is COc1cccc(C2=NCCCN2)c1O. The molecular formula is C11H14N2O2. The maximum absolute atomic E-state index is 9.90. The Bertz CT molecular complexity index is 388. The van der Waals surface area contributed by atoms with Crippen molar-refractivity contribution in [2.45, 2.75) is 6.42 Å². The van der Waals surface area contributed by atoms with Gasteiger partial charge in [0.2, 0.25) is 0 Å². The Morgan fingerprint density at radius 3 is 3.00 bits per heavy atom. The minimum absolute atomic E-state index is 0.146. The van der Waals surface area contributed by atoms with Crippen LogP contribution in [0.3, 0.4) is 0 Å². The van der Waals surface area contributed by atoms with Crippen LogP contribution in [0.5, 0.6) is 11.5 Å². The van der Waals surface area contributed by atoms with Gasteiger partial charge in [-0.15, -0.1) is 0 Å². The van der Waals surface area contributed by atoms with Crippen LogP contribution in [0.4, 0.5) is 0 Å². The summed E-state index contributed by atoms with van der Waals surface area (Å²) in [6, 6.07) is 5.39. The lowest BCUT2D eigenvalue weighted by Crippen LogP contribution is -2.30. The first-order chi connectivity index (χ1) is 7.33. The molecule has 15 heavy (non-hydrogen) atoms. The zero-order chi connectivity index (χ0) is 10.7. The van der Waals surface area contributed by atoms with E-state index in [1.54, 1.807) is 6.07 Å². The molecule has 1 aliphatic heterocycles. The van der Waals surface area contributed by atoms with Gasteiger partial charge >= 0.3 is 0 Å². The lowest BCUT2D eigenvalue weighted by molar-refractivity contribution is 0.373. The maximum Gasteiger partial charge on any atom is 0.168 e. The van der Waals surface area contributed by atoms with Crippen molar-refractivity contribution in [1.82, 2.24) is 5.32 Å². The lowest BCUT2D eigenvalue weighted by Gasteiger charge is -2.16. The zero-order valence-electron chi connectivity index (χ0n) is 8.66. The van der Waals surface area contributed by atoms with E-state index in [0.29, 0.717) is 11.3 Å². The Hall–Kier alpha value is -1.71. The fraction of sp³-hybridized carbons (Fsp3) is 0.364. The predicted octanol–water partition coefficient (Wildman–Crippen LogP) is 1.14. The molecule has 1 heterocycles. The topological polar surface area (TPSA) is 53.8 Å². The van der Waals surface area contributed by atoms with Crippen LogP contribution in [0.25, 0.3) is 0 Å². The molecule has 0 saturated carbocycles. The van der Waals surface area contributed by atoms with Crippen molar-refractivity contribution in [3.8, 4) is 11.5 Å². The van der Waals surface area contributed by atoms with Crippen LogP contribution >= 0.6 is 0 Å². The summed E-state index contributed by atoms with van der Waals surface area (Å²) in [5.74, 6) is 1.37. The van der Waals surface area contributed by atoms with Gasteiger partial charge in [0.1, 0.15) is 5.84 Å². The summed E-state index contributed by atoms with van der Waals surface area (Å²) in [6.07, 6.45) is 1.04. The minimum Gasteiger partial charge on any atom is -0.504 e. The van der Waals surface area contributed by atoms with E-state index in [1.807, 2.05) is 12.1 Å². The van der Waals surface area contributed by atoms with E-state index in [1.165, 1.54) is 7.11 Å². The van der Waals surface area contributed by atoms with Gasteiger partial charge in [-0.1, -0.05) is 6.07 Å². The van der Waals surface area contributed by atoms with Crippen LogP contribution in [0.2, 0.25) is 0 Å². The molecule has 80 valence electrons. The Morgan fingerprint density at radius 2 is 2.33 bits per heavy atom. The third-order valence-electron chi connectivity index (χ3n) is 2.37. The summed E-state index contributed by atoms with van der Waals surface area (Å²) in [5, 5.41) is 13.1. The van der Waals surface area contributed by atoms with Crippen molar-refractivity contribution in [3.63, 3.8) is 0 Å². The van der Waals surface area contributed by atoms with Crippen LogP contribution in [0, 0.1) is 0 Å². The molecule has 4 heteroatoms. The number of phenols is 1. The maximum atomic E-state index is 9.90. The second kappa shape index (κ2) is 4.21. The molecule has 0 bridgehead atoms. The number of hydrogen-bond donors (Lipinski definition) is 2. The molecule has 0 atom stereocenters. The zero-order valence-corrected chi connectivity index (χ0v) is 8.66. The molecule has 0 unspecified atom stereocenters. The molecule has 0 saturated heterocycles. The van der Waals surface area contributed by atoms with Crippen LogP contribution in [-0.4, -0.2) is 31.1 Å². The smallest absolute Gasteiger partial charge is 0.168 e. The summed E-state index contributed by atoms with van der Waals surface area (Å²) in [6.45, 7) is 1.70. The Labute approximate surface area is 88.6 Å².